The maximum atomic E-state index is 11.3. The van der Waals surface area contributed by atoms with Gasteiger partial charge in [0.25, 0.3) is 0 Å². The number of benzene rings is 1. The van der Waals surface area contributed by atoms with E-state index in [0.717, 1.165) is 49.2 Å². The third-order valence-electron chi connectivity index (χ3n) is 4.71. The largest absolute Gasteiger partial charge is 0.346 e. The number of hydrogen-bond acceptors (Lipinski definition) is 4. The lowest BCUT2D eigenvalue weighted by molar-refractivity contribution is 0.101. The van der Waals surface area contributed by atoms with Crippen LogP contribution in [0.2, 0.25) is 0 Å². The van der Waals surface area contributed by atoms with E-state index in [1.165, 1.54) is 5.56 Å². The van der Waals surface area contributed by atoms with Crippen molar-refractivity contribution >= 4 is 28.8 Å². The van der Waals surface area contributed by atoms with Crippen molar-refractivity contribution in [2.75, 3.05) is 31.5 Å². The Balaban J connectivity index is 1.50. The number of aromatic nitrogens is 2. The molecular weight excluding hydrogens is 346 g/mol. The van der Waals surface area contributed by atoms with Gasteiger partial charge in [0.15, 0.2) is 10.9 Å². The van der Waals surface area contributed by atoms with Gasteiger partial charge in [-0.05, 0) is 50.3 Å². The molecule has 0 amide bonds. The number of Topliss-reactive ketones (excluding diaryl/α,β-unsaturated/α-hetero) is 1. The number of anilines is 1. The molecule has 2 aromatic rings. The van der Waals surface area contributed by atoms with Crippen molar-refractivity contribution in [1.82, 2.24) is 19.6 Å². The molecule has 0 radical (unpaired) electrons. The van der Waals surface area contributed by atoms with E-state index in [4.69, 9.17) is 12.2 Å². The highest BCUT2D eigenvalue weighted by Crippen LogP contribution is 2.14. The molecule has 2 heterocycles. The summed E-state index contributed by atoms with van der Waals surface area (Å²) < 4.78 is 1.87. The maximum Gasteiger partial charge on any atom is 0.173 e. The first kappa shape index (κ1) is 18.5. The molecule has 0 unspecified atom stereocenters. The zero-order chi connectivity index (χ0) is 18.7. The van der Waals surface area contributed by atoms with E-state index in [1.807, 2.05) is 36.0 Å². The molecule has 6 nitrogen and oxygen atoms in total. The molecule has 0 atom stereocenters. The molecule has 3 rings (SSSR count). The topological polar surface area (TPSA) is 53.4 Å². The minimum absolute atomic E-state index is 0.0686. The zero-order valence-corrected chi connectivity index (χ0v) is 16.3. The van der Waals surface area contributed by atoms with Gasteiger partial charge in [-0.3, -0.25) is 14.4 Å². The van der Waals surface area contributed by atoms with Crippen molar-refractivity contribution in [3.8, 4) is 0 Å². The van der Waals surface area contributed by atoms with E-state index in [-0.39, 0.29) is 5.78 Å². The fourth-order valence-corrected chi connectivity index (χ4v) is 3.45. The quantitative estimate of drug-likeness (QED) is 0.658. The van der Waals surface area contributed by atoms with Crippen LogP contribution in [-0.2, 0) is 13.6 Å². The fourth-order valence-electron chi connectivity index (χ4n) is 3.14. The average Bonchev–Trinajstić information content (AvgIpc) is 2.93. The van der Waals surface area contributed by atoms with Crippen LogP contribution >= 0.6 is 12.2 Å². The number of hydrogen-bond donors (Lipinski definition) is 1. The van der Waals surface area contributed by atoms with Gasteiger partial charge in [-0.1, -0.05) is 0 Å². The summed E-state index contributed by atoms with van der Waals surface area (Å²) in [5.74, 6) is 0.0686. The number of thiocarbonyl (C=S) groups is 1. The standard InChI is InChI=1S/C19H25N5OS/c1-14-17(12-22(3)21-14)13-23-8-10-24(11-9-23)19(26)20-18-6-4-16(5-7-18)15(2)25/h4-7,12H,8-11,13H2,1-3H3,(H,20,26). The van der Waals surface area contributed by atoms with E-state index in [2.05, 4.69) is 33.3 Å². The second-order valence-corrected chi connectivity index (χ2v) is 7.13. The highest BCUT2D eigenvalue weighted by atomic mass is 32.1. The predicted molar refractivity (Wildman–Crippen MR) is 107 cm³/mol. The van der Waals surface area contributed by atoms with Gasteiger partial charge >= 0.3 is 0 Å². The van der Waals surface area contributed by atoms with Crippen LogP contribution in [-0.4, -0.2) is 56.7 Å². The molecule has 1 aliphatic heterocycles. The van der Waals surface area contributed by atoms with Crippen molar-refractivity contribution in [3.05, 3.63) is 47.3 Å². The second kappa shape index (κ2) is 7.97. The monoisotopic (exact) mass is 371 g/mol. The van der Waals surface area contributed by atoms with Crippen molar-refractivity contribution in [3.63, 3.8) is 0 Å². The molecule has 1 saturated heterocycles. The fraction of sp³-hybridized carbons (Fsp3) is 0.421. The molecule has 1 N–H and O–H groups in total. The number of carbonyl (C=O) groups excluding carboxylic acids is 1. The first-order valence-electron chi connectivity index (χ1n) is 8.81. The molecule has 0 bridgehead atoms. The average molecular weight is 372 g/mol. The van der Waals surface area contributed by atoms with Crippen molar-refractivity contribution in [2.24, 2.45) is 7.05 Å². The molecule has 1 aliphatic rings. The van der Waals surface area contributed by atoms with Gasteiger partial charge < -0.3 is 10.2 Å². The van der Waals surface area contributed by atoms with E-state index in [0.29, 0.717) is 5.56 Å². The minimum Gasteiger partial charge on any atom is -0.346 e. The van der Waals surface area contributed by atoms with E-state index in [9.17, 15) is 4.79 Å². The minimum atomic E-state index is 0.0686. The van der Waals surface area contributed by atoms with Crippen molar-refractivity contribution in [2.45, 2.75) is 20.4 Å². The highest BCUT2D eigenvalue weighted by Gasteiger charge is 2.20. The van der Waals surface area contributed by atoms with E-state index >= 15 is 0 Å². The lowest BCUT2D eigenvalue weighted by Gasteiger charge is -2.36. The summed E-state index contributed by atoms with van der Waals surface area (Å²) >= 11 is 5.55. The Labute approximate surface area is 159 Å². The lowest BCUT2D eigenvalue weighted by Crippen LogP contribution is -2.49. The van der Waals surface area contributed by atoms with Crippen molar-refractivity contribution in [1.29, 1.82) is 0 Å². The van der Waals surface area contributed by atoms with Crippen LogP contribution in [0, 0.1) is 6.92 Å². The molecule has 0 spiro atoms. The number of nitrogens with zero attached hydrogens (tertiary/aromatic N) is 4. The molecule has 0 aliphatic carbocycles. The van der Waals surface area contributed by atoms with Crippen LogP contribution in [0.3, 0.4) is 0 Å². The molecule has 26 heavy (non-hydrogen) atoms. The number of piperazine rings is 1. The van der Waals surface area contributed by atoms with Gasteiger partial charge in [-0.15, -0.1) is 0 Å². The number of nitrogens with one attached hydrogen (secondary N) is 1. The Bertz CT molecular complexity index is 791. The van der Waals surface area contributed by atoms with Gasteiger partial charge in [0.2, 0.25) is 0 Å². The van der Waals surface area contributed by atoms with Crippen LogP contribution in [0.1, 0.15) is 28.5 Å². The van der Waals surface area contributed by atoms with Crippen LogP contribution < -0.4 is 5.32 Å². The maximum absolute atomic E-state index is 11.3. The molecule has 0 saturated carbocycles. The Morgan fingerprint density at radius 2 is 1.85 bits per heavy atom. The van der Waals surface area contributed by atoms with Gasteiger partial charge in [0, 0.05) is 62.8 Å². The number of ketones is 1. The van der Waals surface area contributed by atoms with Gasteiger partial charge in [0.1, 0.15) is 0 Å². The lowest BCUT2D eigenvalue weighted by atomic mass is 10.1. The molecule has 1 fully saturated rings. The van der Waals surface area contributed by atoms with Crippen LogP contribution in [0.25, 0.3) is 0 Å². The first-order valence-corrected chi connectivity index (χ1v) is 9.21. The molecule has 1 aromatic heterocycles. The summed E-state index contributed by atoms with van der Waals surface area (Å²) in [6.07, 6.45) is 2.10. The normalized spacial score (nSPS) is 15.1. The van der Waals surface area contributed by atoms with Crippen LogP contribution in [0.15, 0.2) is 30.5 Å². The smallest absolute Gasteiger partial charge is 0.173 e. The number of rotatable bonds is 4. The summed E-state index contributed by atoms with van der Waals surface area (Å²) in [7, 11) is 1.96. The predicted octanol–water partition coefficient (Wildman–Crippen LogP) is 2.45. The third kappa shape index (κ3) is 4.47. The molecule has 7 heteroatoms. The van der Waals surface area contributed by atoms with Crippen molar-refractivity contribution < 1.29 is 4.79 Å². The Morgan fingerprint density at radius 1 is 1.19 bits per heavy atom. The molecule has 1 aromatic carbocycles. The highest BCUT2D eigenvalue weighted by molar-refractivity contribution is 7.80. The number of carbonyl (C=O) groups is 1. The third-order valence-corrected chi connectivity index (χ3v) is 5.07. The Hall–Kier alpha value is -2.25. The summed E-state index contributed by atoms with van der Waals surface area (Å²) in [6.45, 7) is 8.30. The van der Waals surface area contributed by atoms with Crippen LogP contribution in [0.5, 0.6) is 0 Å². The Morgan fingerprint density at radius 3 is 2.38 bits per heavy atom. The molecular formula is C19H25N5OS. The van der Waals surface area contributed by atoms with Gasteiger partial charge in [-0.25, -0.2) is 0 Å². The van der Waals surface area contributed by atoms with E-state index in [1.54, 1.807) is 6.92 Å². The van der Waals surface area contributed by atoms with E-state index < -0.39 is 0 Å². The summed E-state index contributed by atoms with van der Waals surface area (Å²) in [5.41, 5.74) is 4.00. The first-order chi connectivity index (χ1) is 12.4. The summed E-state index contributed by atoms with van der Waals surface area (Å²) in [4.78, 5) is 16.0. The zero-order valence-electron chi connectivity index (χ0n) is 15.5. The summed E-state index contributed by atoms with van der Waals surface area (Å²) in [6, 6.07) is 7.43. The van der Waals surface area contributed by atoms with Gasteiger partial charge in [-0.2, -0.15) is 5.10 Å². The second-order valence-electron chi connectivity index (χ2n) is 6.74. The molecule has 138 valence electrons. The van der Waals surface area contributed by atoms with Crippen LogP contribution in [0.4, 0.5) is 5.69 Å². The van der Waals surface area contributed by atoms with Gasteiger partial charge in [0.05, 0.1) is 5.69 Å². The SMILES string of the molecule is CC(=O)c1ccc(NC(=S)N2CCN(Cc3cn(C)nc3C)CC2)cc1. The summed E-state index contributed by atoms with van der Waals surface area (Å²) in [5, 5.41) is 8.41. The Kier molecular flexibility index (Phi) is 5.68. The number of aryl methyl sites for hydroxylation is 2.